The Labute approximate surface area is 136 Å². The molecular formula is C16H14INO3. The van der Waals surface area contributed by atoms with Gasteiger partial charge >= 0.3 is 5.97 Å². The van der Waals surface area contributed by atoms with Gasteiger partial charge in [-0.15, -0.1) is 0 Å². The normalized spacial score (nSPS) is 10.2. The molecule has 2 N–H and O–H groups in total. The van der Waals surface area contributed by atoms with Gasteiger partial charge in [0.15, 0.2) is 0 Å². The molecule has 0 aliphatic heterocycles. The molecule has 0 saturated carbocycles. The van der Waals surface area contributed by atoms with Crippen LogP contribution in [0.1, 0.15) is 21.5 Å². The molecule has 108 valence electrons. The van der Waals surface area contributed by atoms with Crippen LogP contribution in [-0.4, -0.2) is 14.8 Å². The van der Waals surface area contributed by atoms with E-state index in [9.17, 15) is 4.79 Å². The van der Waals surface area contributed by atoms with E-state index in [0.717, 1.165) is 5.56 Å². The number of carboxylic acids is 1. The van der Waals surface area contributed by atoms with Gasteiger partial charge in [-0.05, 0) is 59.3 Å². The lowest BCUT2D eigenvalue weighted by atomic mass is 10.1. The molecule has 2 rings (SSSR count). The molecule has 0 atom stereocenters. The molecule has 0 amide bonds. The zero-order chi connectivity index (χ0) is 15.4. The Morgan fingerprint density at radius 2 is 2.00 bits per heavy atom. The van der Waals surface area contributed by atoms with E-state index in [1.54, 1.807) is 25.1 Å². The minimum Gasteiger partial charge on any atom is -0.478 e. The van der Waals surface area contributed by atoms with Gasteiger partial charge in [0, 0.05) is 12.0 Å². The van der Waals surface area contributed by atoms with Gasteiger partial charge in [0.05, 0.1) is 9.28 Å². The van der Waals surface area contributed by atoms with Gasteiger partial charge in [0.2, 0.25) is 0 Å². The maximum absolute atomic E-state index is 11.1. The molecule has 2 aromatic carbocycles. The number of nitrogens with one attached hydrogen (secondary N) is 1. The van der Waals surface area contributed by atoms with Crippen LogP contribution in [0.25, 0.3) is 0 Å². The Morgan fingerprint density at radius 1 is 1.29 bits per heavy atom. The molecule has 2 aromatic rings. The maximum atomic E-state index is 11.1. The van der Waals surface area contributed by atoms with Crippen molar-refractivity contribution in [2.24, 2.45) is 0 Å². The second kappa shape index (κ2) is 6.71. The van der Waals surface area contributed by atoms with Crippen LogP contribution in [0.15, 0.2) is 42.5 Å². The number of carbonyl (C=O) groups is 1. The van der Waals surface area contributed by atoms with Crippen molar-refractivity contribution < 1.29 is 14.6 Å². The van der Waals surface area contributed by atoms with Crippen LogP contribution in [-0.2, 0) is 6.42 Å². The fourth-order valence-corrected chi connectivity index (χ4v) is 2.42. The first-order valence-corrected chi connectivity index (χ1v) is 7.38. The first-order chi connectivity index (χ1) is 9.97. The molecule has 0 unspecified atom stereocenters. The molecule has 0 fully saturated rings. The highest BCUT2D eigenvalue weighted by Gasteiger charge is 2.11. The van der Waals surface area contributed by atoms with Gasteiger partial charge in [-0.1, -0.05) is 18.2 Å². The maximum Gasteiger partial charge on any atom is 0.336 e. The molecule has 0 radical (unpaired) electrons. The van der Waals surface area contributed by atoms with Crippen molar-refractivity contribution in [1.82, 2.24) is 0 Å². The minimum absolute atomic E-state index is 0.234. The summed E-state index contributed by atoms with van der Waals surface area (Å²) in [7, 11) is 0. The van der Waals surface area contributed by atoms with Crippen LogP contribution in [0.5, 0.6) is 11.5 Å². The minimum atomic E-state index is -0.968. The number of rotatable bonds is 5. The van der Waals surface area contributed by atoms with E-state index in [4.69, 9.17) is 15.3 Å². The van der Waals surface area contributed by atoms with Crippen LogP contribution in [0.4, 0.5) is 0 Å². The van der Waals surface area contributed by atoms with Crippen molar-refractivity contribution in [3.05, 3.63) is 59.2 Å². The van der Waals surface area contributed by atoms with Crippen LogP contribution in [0.3, 0.4) is 0 Å². The number of halogens is 1. The standard InChI is InChI=1S/C16H14INO3/c1-10-13(16(19)20)6-3-7-14(10)21-12-5-2-4-11(8-12)9-15(17)18/h2-8,18H,9H2,1H3,(H,19,20). The lowest BCUT2D eigenvalue weighted by Gasteiger charge is -2.11. The second-order valence-electron chi connectivity index (χ2n) is 4.57. The fraction of sp³-hybridized carbons (Fsp3) is 0.125. The summed E-state index contributed by atoms with van der Waals surface area (Å²) in [5, 5.41) is 16.6. The quantitative estimate of drug-likeness (QED) is 0.581. The summed E-state index contributed by atoms with van der Waals surface area (Å²) in [6, 6.07) is 12.4. The van der Waals surface area contributed by atoms with Crippen LogP contribution >= 0.6 is 22.6 Å². The lowest BCUT2D eigenvalue weighted by Crippen LogP contribution is -2.01. The number of benzene rings is 2. The third-order valence-corrected chi connectivity index (χ3v) is 3.38. The molecule has 0 aliphatic carbocycles. The van der Waals surface area contributed by atoms with Crippen molar-refractivity contribution in [3.8, 4) is 11.5 Å². The Bertz CT molecular complexity index is 698. The molecule has 0 saturated heterocycles. The average Bonchev–Trinajstić information content (AvgIpc) is 2.40. The summed E-state index contributed by atoms with van der Waals surface area (Å²) in [5.74, 6) is 0.192. The number of carboxylic acid groups (broad SMARTS) is 1. The van der Waals surface area contributed by atoms with E-state index in [1.165, 1.54) is 0 Å². The number of hydrogen-bond donors (Lipinski definition) is 2. The average molecular weight is 395 g/mol. The van der Waals surface area contributed by atoms with E-state index >= 15 is 0 Å². The summed E-state index contributed by atoms with van der Waals surface area (Å²) in [4.78, 5) is 11.1. The Kier molecular flexibility index (Phi) is 4.95. The molecule has 4 nitrogen and oxygen atoms in total. The molecule has 0 aliphatic rings. The summed E-state index contributed by atoms with van der Waals surface area (Å²) < 4.78 is 6.34. The van der Waals surface area contributed by atoms with Crippen molar-refractivity contribution in [2.45, 2.75) is 13.3 Å². The Balaban J connectivity index is 2.28. The number of aromatic carboxylic acids is 1. The molecule has 0 heterocycles. The molecule has 5 heteroatoms. The zero-order valence-corrected chi connectivity index (χ0v) is 13.5. The molecule has 0 aromatic heterocycles. The lowest BCUT2D eigenvalue weighted by molar-refractivity contribution is 0.0695. The van der Waals surface area contributed by atoms with E-state index < -0.39 is 5.97 Å². The summed E-state index contributed by atoms with van der Waals surface area (Å²) in [6.07, 6.45) is 0.561. The monoisotopic (exact) mass is 395 g/mol. The zero-order valence-electron chi connectivity index (χ0n) is 11.4. The SMILES string of the molecule is Cc1c(Oc2cccc(CC(=N)I)c2)cccc1C(=O)O. The van der Waals surface area contributed by atoms with Crippen LogP contribution in [0.2, 0.25) is 0 Å². The predicted molar refractivity (Wildman–Crippen MR) is 90.1 cm³/mol. The third-order valence-electron chi connectivity index (χ3n) is 3.00. The van der Waals surface area contributed by atoms with Crippen LogP contribution in [0, 0.1) is 12.3 Å². The van der Waals surface area contributed by atoms with Crippen molar-refractivity contribution >= 4 is 32.3 Å². The van der Waals surface area contributed by atoms with Crippen molar-refractivity contribution in [1.29, 1.82) is 5.41 Å². The van der Waals surface area contributed by atoms with Gasteiger partial charge in [-0.3, -0.25) is 5.41 Å². The van der Waals surface area contributed by atoms with Crippen molar-refractivity contribution in [2.75, 3.05) is 0 Å². The van der Waals surface area contributed by atoms with Gasteiger partial charge < -0.3 is 9.84 Å². The highest BCUT2D eigenvalue weighted by molar-refractivity contribution is 14.1. The van der Waals surface area contributed by atoms with Crippen LogP contribution < -0.4 is 4.74 Å². The Morgan fingerprint density at radius 3 is 2.67 bits per heavy atom. The smallest absolute Gasteiger partial charge is 0.336 e. The fourth-order valence-electron chi connectivity index (χ4n) is 1.98. The predicted octanol–water partition coefficient (Wildman–Crippen LogP) is 4.44. The van der Waals surface area contributed by atoms with Gasteiger partial charge in [-0.25, -0.2) is 4.79 Å². The second-order valence-corrected chi connectivity index (χ2v) is 5.87. The van der Waals surface area contributed by atoms with E-state index in [2.05, 4.69) is 0 Å². The number of ether oxygens (including phenoxy) is 1. The summed E-state index contributed by atoms with van der Waals surface area (Å²) in [5.41, 5.74) is 1.81. The van der Waals surface area contributed by atoms with E-state index in [1.807, 2.05) is 46.9 Å². The summed E-state index contributed by atoms with van der Waals surface area (Å²) >= 11 is 1.98. The summed E-state index contributed by atoms with van der Waals surface area (Å²) in [6.45, 7) is 1.73. The van der Waals surface area contributed by atoms with Gasteiger partial charge in [0.25, 0.3) is 0 Å². The first-order valence-electron chi connectivity index (χ1n) is 6.30. The first kappa shape index (κ1) is 15.5. The largest absolute Gasteiger partial charge is 0.478 e. The highest BCUT2D eigenvalue weighted by atomic mass is 127. The number of hydrogen-bond acceptors (Lipinski definition) is 3. The van der Waals surface area contributed by atoms with Crippen molar-refractivity contribution in [3.63, 3.8) is 0 Å². The molecule has 0 spiro atoms. The third kappa shape index (κ3) is 4.04. The Hall–Kier alpha value is -1.89. The van der Waals surface area contributed by atoms with Gasteiger partial charge in [0.1, 0.15) is 11.5 Å². The highest BCUT2D eigenvalue weighted by Crippen LogP contribution is 2.28. The van der Waals surface area contributed by atoms with E-state index in [0.29, 0.717) is 27.2 Å². The molecular weight excluding hydrogens is 381 g/mol. The van der Waals surface area contributed by atoms with Gasteiger partial charge in [-0.2, -0.15) is 0 Å². The molecule has 0 bridgehead atoms. The molecule has 21 heavy (non-hydrogen) atoms. The van der Waals surface area contributed by atoms with E-state index in [-0.39, 0.29) is 5.56 Å². The topological polar surface area (TPSA) is 70.4 Å².